The first-order valence-electron chi connectivity index (χ1n) is 8.18. The fourth-order valence-electron chi connectivity index (χ4n) is 4.29. The van der Waals surface area contributed by atoms with Crippen molar-refractivity contribution in [1.29, 1.82) is 0 Å². The molecule has 3 saturated heterocycles. The molecule has 0 N–H and O–H groups in total. The minimum absolute atomic E-state index is 0.121. The summed E-state index contributed by atoms with van der Waals surface area (Å²) in [6, 6.07) is 0. The van der Waals surface area contributed by atoms with Gasteiger partial charge in [0.1, 0.15) is 11.7 Å². The molecule has 0 radical (unpaired) electrons. The first kappa shape index (κ1) is 14.5. The van der Waals surface area contributed by atoms with Gasteiger partial charge in [-0.25, -0.2) is 4.79 Å². The van der Waals surface area contributed by atoms with Gasteiger partial charge in [0, 0.05) is 12.5 Å². The lowest BCUT2D eigenvalue weighted by Crippen LogP contribution is -2.29. The highest BCUT2D eigenvalue weighted by Gasteiger charge is 2.75. The van der Waals surface area contributed by atoms with Crippen LogP contribution in [0.5, 0.6) is 0 Å². The van der Waals surface area contributed by atoms with E-state index < -0.39 is 29.4 Å². The molecule has 0 amide bonds. The van der Waals surface area contributed by atoms with Gasteiger partial charge < -0.3 is 23.4 Å². The highest BCUT2D eigenvalue weighted by atomic mass is 16.7. The number of carbonyl (C=O) groups excluding carboxylic acids is 2. The summed E-state index contributed by atoms with van der Waals surface area (Å²) in [7, 11) is 0. The number of ether oxygens (including phenoxy) is 4. The second-order valence-corrected chi connectivity index (χ2v) is 7.27. The molecule has 1 aromatic heterocycles. The molecule has 0 unspecified atom stereocenters. The number of hydrogen-bond acceptors (Lipinski definition) is 7. The van der Waals surface area contributed by atoms with Crippen LogP contribution in [-0.2, 0) is 28.5 Å². The quantitative estimate of drug-likeness (QED) is 0.572. The minimum Gasteiger partial charge on any atom is -0.465 e. The monoisotopic (exact) mass is 334 g/mol. The average molecular weight is 334 g/mol. The van der Waals surface area contributed by atoms with Crippen molar-refractivity contribution in [3.8, 4) is 0 Å². The van der Waals surface area contributed by atoms with Gasteiger partial charge in [-0.15, -0.1) is 0 Å². The maximum atomic E-state index is 12.3. The summed E-state index contributed by atoms with van der Waals surface area (Å²) in [6.45, 7) is 5.14. The van der Waals surface area contributed by atoms with Crippen LogP contribution in [0, 0.1) is 6.92 Å². The fraction of sp³-hybridized carbons (Fsp3) is 0.647. The summed E-state index contributed by atoms with van der Waals surface area (Å²) in [5, 5.41) is 0. The molecule has 3 aliphatic heterocycles. The maximum absolute atomic E-state index is 12.3. The normalized spacial score (nSPS) is 44.7. The second kappa shape index (κ2) is 4.21. The molecule has 4 aliphatic rings. The van der Waals surface area contributed by atoms with E-state index >= 15 is 0 Å². The summed E-state index contributed by atoms with van der Waals surface area (Å²) in [5.74, 6) is -0.246. The summed E-state index contributed by atoms with van der Waals surface area (Å²) < 4.78 is 28.6. The highest BCUT2D eigenvalue weighted by Crippen LogP contribution is 2.61. The summed E-state index contributed by atoms with van der Waals surface area (Å²) in [5.41, 5.74) is 0.0715. The Labute approximate surface area is 138 Å². The fourth-order valence-corrected chi connectivity index (χ4v) is 4.29. The van der Waals surface area contributed by atoms with E-state index in [1.165, 1.54) is 6.92 Å². The third-order valence-electron chi connectivity index (χ3n) is 5.73. The maximum Gasteiger partial charge on any atom is 0.342 e. The summed E-state index contributed by atoms with van der Waals surface area (Å²) >= 11 is 0. The Morgan fingerprint density at radius 2 is 2.17 bits per heavy atom. The molecule has 1 aromatic rings. The molecule has 2 bridgehead atoms. The standard InChI is InChI=1S/C17H18O7/c1-7-6-20-11-10(7)12-14-17(24-14,15(19)22-12)5-4-9-16(3,23-9)13(11)21-8(2)18/h6,9,12-14H,4-5H2,1-3H3/t9-,12+,13-,14+,16+,17+/m0/s1. The van der Waals surface area contributed by atoms with Crippen LogP contribution in [0.3, 0.4) is 0 Å². The van der Waals surface area contributed by atoms with Crippen molar-refractivity contribution >= 4 is 11.9 Å². The van der Waals surface area contributed by atoms with Crippen molar-refractivity contribution < 1.29 is 33.0 Å². The van der Waals surface area contributed by atoms with Crippen molar-refractivity contribution in [2.24, 2.45) is 0 Å². The third kappa shape index (κ3) is 1.64. The zero-order valence-electron chi connectivity index (χ0n) is 13.7. The van der Waals surface area contributed by atoms with Gasteiger partial charge in [0.25, 0.3) is 0 Å². The van der Waals surface area contributed by atoms with Crippen LogP contribution < -0.4 is 0 Å². The van der Waals surface area contributed by atoms with E-state index in [0.29, 0.717) is 18.6 Å². The van der Waals surface area contributed by atoms with Gasteiger partial charge in [-0.05, 0) is 32.3 Å². The molecule has 7 nitrogen and oxygen atoms in total. The predicted octanol–water partition coefficient (Wildman–Crippen LogP) is 1.88. The smallest absolute Gasteiger partial charge is 0.342 e. The molecular weight excluding hydrogens is 316 g/mol. The van der Waals surface area contributed by atoms with Gasteiger partial charge in [0.05, 0.1) is 12.4 Å². The van der Waals surface area contributed by atoms with Gasteiger partial charge in [0.2, 0.25) is 0 Å². The molecule has 6 atom stereocenters. The lowest BCUT2D eigenvalue weighted by Gasteiger charge is -2.22. The Balaban J connectivity index is 1.66. The molecule has 4 heterocycles. The van der Waals surface area contributed by atoms with Gasteiger partial charge >= 0.3 is 11.9 Å². The van der Waals surface area contributed by atoms with E-state index in [1.807, 2.05) is 13.8 Å². The Bertz CT molecular complexity index is 767. The largest absolute Gasteiger partial charge is 0.465 e. The zero-order chi connectivity index (χ0) is 16.9. The Hall–Kier alpha value is -1.86. The average Bonchev–Trinajstić information content (AvgIpc) is 3.33. The van der Waals surface area contributed by atoms with Crippen LogP contribution in [0.25, 0.3) is 0 Å². The van der Waals surface area contributed by atoms with Crippen molar-refractivity contribution in [2.75, 3.05) is 0 Å². The number of epoxide rings is 2. The van der Waals surface area contributed by atoms with Crippen LogP contribution in [-0.4, -0.2) is 35.3 Å². The molecule has 3 fully saturated rings. The first-order chi connectivity index (χ1) is 11.4. The molecule has 1 aliphatic carbocycles. The minimum atomic E-state index is -0.840. The molecular formula is C17H18O7. The van der Waals surface area contributed by atoms with Gasteiger partial charge in [-0.3, -0.25) is 4.79 Å². The Morgan fingerprint density at radius 1 is 1.38 bits per heavy atom. The van der Waals surface area contributed by atoms with Crippen molar-refractivity contribution in [1.82, 2.24) is 0 Å². The van der Waals surface area contributed by atoms with E-state index in [9.17, 15) is 9.59 Å². The number of fused-ring (bicyclic) bond motifs is 3. The topological polar surface area (TPSA) is 90.8 Å². The molecule has 0 aromatic carbocycles. The third-order valence-corrected chi connectivity index (χ3v) is 5.73. The number of aryl methyl sites for hydroxylation is 1. The number of furan rings is 1. The Morgan fingerprint density at radius 3 is 2.88 bits per heavy atom. The van der Waals surface area contributed by atoms with Crippen molar-refractivity contribution in [2.45, 2.75) is 69.2 Å². The van der Waals surface area contributed by atoms with Crippen molar-refractivity contribution in [3.63, 3.8) is 0 Å². The molecule has 128 valence electrons. The number of esters is 2. The lowest BCUT2D eigenvalue weighted by atomic mass is 9.86. The van der Waals surface area contributed by atoms with Crippen molar-refractivity contribution in [3.05, 3.63) is 23.2 Å². The van der Waals surface area contributed by atoms with E-state index in [-0.39, 0.29) is 18.2 Å². The second-order valence-electron chi connectivity index (χ2n) is 7.27. The van der Waals surface area contributed by atoms with Crippen LogP contribution in [0.4, 0.5) is 0 Å². The molecule has 0 spiro atoms. The van der Waals surface area contributed by atoms with E-state index in [2.05, 4.69) is 0 Å². The predicted molar refractivity (Wildman–Crippen MR) is 76.9 cm³/mol. The van der Waals surface area contributed by atoms with Crippen LogP contribution in [0.1, 0.15) is 55.8 Å². The first-order valence-corrected chi connectivity index (χ1v) is 8.18. The number of hydrogen-bond donors (Lipinski definition) is 0. The lowest BCUT2D eigenvalue weighted by molar-refractivity contribution is -0.155. The summed E-state index contributed by atoms with van der Waals surface area (Å²) in [4.78, 5) is 24.0. The van der Waals surface area contributed by atoms with Crippen LogP contribution >= 0.6 is 0 Å². The van der Waals surface area contributed by atoms with Gasteiger partial charge in [0.15, 0.2) is 23.6 Å². The molecule has 24 heavy (non-hydrogen) atoms. The van der Waals surface area contributed by atoms with Gasteiger partial charge in [-0.2, -0.15) is 0 Å². The van der Waals surface area contributed by atoms with E-state index in [1.54, 1.807) is 6.26 Å². The van der Waals surface area contributed by atoms with E-state index in [4.69, 9.17) is 23.4 Å². The highest BCUT2D eigenvalue weighted by molar-refractivity contribution is 5.87. The molecule has 5 rings (SSSR count). The SMILES string of the molecule is CC(=O)O[C@H]1c2occ(C)c2[C@H]2OC(=O)[C@]3(CC[C@@H]4O[C@]41C)O[C@H]23. The number of rotatable bonds is 1. The van der Waals surface area contributed by atoms with Gasteiger partial charge in [-0.1, -0.05) is 0 Å². The van der Waals surface area contributed by atoms with E-state index in [0.717, 1.165) is 11.1 Å². The van der Waals surface area contributed by atoms with Crippen LogP contribution in [0.15, 0.2) is 10.7 Å². The summed E-state index contributed by atoms with van der Waals surface area (Å²) in [6.07, 6.45) is 1.16. The number of carbonyl (C=O) groups is 2. The zero-order valence-corrected chi connectivity index (χ0v) is 13.7. The molecule has 0 saturated carbocycles. The van der Waals surface area contributed by atoms with Crippen LogP contribution in [0.2, 0.25) is 0 Å². The Kier molecular flexibility index (Phi) is 2.54. The molecule has 7 heteroatoms.